The van der Waals surface area contributed by atoms with Crippen molar-refractivity contribution in [2.24, 2.45) is 0 Å². The predicted octanol–water partition coefficient (Wildman–Crippen LogP) is 14.0. The van der Waals surface area contributed by atoms with Crippen molar-refractivity contribution < 1.29 is 0 Å². The largest absolute Gasteiger partial charge is 0.309 e. The van der Waals surface area contributed by atoms with Crippen LogP contribution < -0.4 is 0 Å². The Morgan fingerprint density at radius 3 is 1.48 bits per heavy atom. The average molecular weight is 789 g/mol. The Morgan fingerprint density at radius 1 is 0.306 bits per heavy atom. The number of nitrogens with zero attached hydrogens (tertiary/aromatic N) is 4. The zero-order valence-corrected chi connectivity index (χ0v) is 33.6. The van der Waals surface area contributed by atoms with Gasteiger partial charge >= 0.3 is 0 Å². The van der Waals surface area contributed by atoms with Crippen molar-refractivity contribution in [1.29, 1.82) is 0 Å². The summed E-state index contributed by atoms with van der Waals surface area (Å²) in [6.45, 7) is 0. The van der Waals surface area contributed by atoms with Crippen LogP contribution in [0.4, 0.5) is 0 Å². The van der Waals surface area contributed by atoms with Crippen LogP contribution in [0.15, 0.2) is 218 Å². The van der Waals surface area contributed by atoms with Crippen molar-refractivity contribution in [1.82, 2.24) is 19.5 Å². The van der Waals surface area contributed by atoms with E-state index in [9.17, 15) is 0 Å². The van der Waals surface area contributed by atoms with Gasteiger partial charge in [-0.05, 0) is 86.0 Å². The summed E-state index contributed by atoms with van der Waals surface area (Å²) >= 11 is 0. The van der Waals surface area contributed by atoms with E-state index in [1.54, 1.807) is 0 Å². The maximum atomic E-state index is 5.30. The van der Waals surface area contributed by atoms with Gasteiger partial charge in [0.25, 0.3) is 0 Å². The molecule has 2 aromatic heterocycles. The van der Waals surface area contributed by atoms with Gasteiger partial charge in [-0.15, -0.1) is 0 Å². The summed E-state index contributed by atoms with van der Waals surface area (Å²) < 4.78 is 2.49. The fourth-order valence-electron chi connectivity index (χ4n) is 10.4. The minimum absolute atomic E-state index is 0.532. The molecule has 0 saturated heterocycles. The van der Waals surface area contributed by atoms with Gasteiger partial charge in [0.05, 0.1) is 22.1 Å². The normalized spacial score (nSPS) is 14.5. The first-order valence-corrected chi connectivity index (χ1v) is 21.2. The Morgan fingerprint density at radius 2 is 0.790 bits per heavy atom. The first kappa shape index (κ1) is 34.6. The van der Waals surface area contributed by atoms with Gasteiger partial charge in [0.2, 0.25) is 0 Å². The van der Waals surface area contributed by atoms with Gasteiger partial charge in [-0.2, -0.15) is 0 Å². The number of para-hydroxylation sites is 3. The van der Waals surface area contributed by atoms with Crippen LogP contribution in [-0.4, -0.2) is 19.5 Å². The van der Waals surface area contributed by atoms with Crippen LogP contribution in [0, 0.1) is 0 Å². The molecular formula is C58H36N4. The molecule has 3 heterocycles. The van der Waals surface area contributed by atoms with E-state index in [-0.39, 0.29) is 0 Å². The van der Waals surface area contributed by atoms with Gasteiger partial charge in [-0.1, -0.05) is 188 Å². The molecule has 0 amide bonds. The molecular weight excluding hydrogens is 753 g/mol. The van der Waals surface area contributed by atoms with Crippen molar-refractivity contribution in [2.45, 2.75) is 5.41 Å². The number of fused-ring (bicyclic) bond motifs is 12. The lowest BCUT2D eigenvalue weighted by Crippen LogP contribution is -2.33. The van der Waals surface area contributed by atoms with Crippen molar-refractivity contribution >= 4 is 21.8 Å². The first-order valence-electron chi connectivity index (χ1n) is 21.2. The minimum atomic E-state index is -0.532. The number of aromatic nitrogens is 4. The monoisotopic (exact) mass is 788 g/mol. The molecule has 1 spiro atoms. The Kier molecular flexibility index (Phi) is 7.49. The standard InChI is InChI=1S/C58H36N4/c1-3-16-37(17-4-1)39-20-13-22-41(34-39)55-59-56(42-23-14-21-40(35-42)38-18-5-2-6-19-38)61-57(60-55)43-32-33-49-47(36-43)44-24-7-9-27-48(44)58(49)50-28-10-12-31-53(50)62-52-30-11-8-25-45(52)46-26-15-29-51(58)54(46)62/h1-36H. The molecule has 62 heavy (non-hydrogen) atoms. The third kappa shape index (κ3) is 4.98. The summed E-state index contributed by atoms with van der Waals surface area (Å²) in [7, 11) is 0. The summed E-state index contributed by atoms with van der Waals surface area (Å²) in [6, 6.07) is 78.5. The van der Waals surface area contributed by atoms with E-state index in [2.05, 4.69) is 211 Å². The molecule has 1 unspecified atom stereocenters. The van der Waals surface area contributed by atoms with Crippen molar-refractivity contribution in [3.8, 4) is 73.2 Å². The number of rotatable bonds is 5. The van der Waals surface area contributed by atoms with Gasteiger partial charge in [-0.3, -0.25) is 0 Å². The highest BCUT2D eigenvalue weighted by Crippen LogP contribution is 2.61. The van der Waals surface area contributed by atoms with Crippen LogP contribution >= 0.6 is 0 Å². The van der Waals surface area contributed by atoms with Crippen molar-refractivity contribution in [3.63, 3.8) is 0 Å². The fraction of sp³-hybridized carbons (Fsp3) is 0.0172. The smallest absolute Gasteiger partial charge is 0.164 e. The predicted molar refractivity (Wildman–Crippen MR) is 252 cm³/mol. The second-order valence-corrected chi connectivity index (χ2v) is 16.3. The summed E-state index contributed by atoms with van der Waals surface area (Å²) in [5.74, 6) is 1.89. The van der Waals surface area contributed by atoms with E-state index in [0.717, 1.165) is 38.9 Å². The number of hydrogen-bond acceptors (Lipinski definition) is 3. The lowest BCUT2D eigenvalue weighted by atomic mass is 9.65. The molecule has 288 valence electrons. The summed E-state index contributed by atoms with van der Waals surface area (Å²) in [5, 5.41) is 2.54. The molecule has 11 aromatic rings. The second-order valence-electron chi connectivity index (χ2n) is 16.3. The highest BCUT2D eigenvalue weighted by atomic mass is 15.0. The van der Waals surface area contributed by atoms with E-state index < -0.39 is 5.41 Å². The van der Waals surface area contributed by atoms with Gasteiger partial charge in [0, 0.05) is 27.5 Å². The first-order chi connectivity index (χ1) is 30.7. The van der Waals surface area contributed by atoms with Crippen LogP contribution in [-0.2, 0) is 5.41 Å². The molecule has 0 N–H and O–H groups in total. The SMILES string of the molecule is c1ccc(-c2cccc(-c3nc(-c4cccc(-c5ccccc5)c4)nc(-c4ccc5c(c4)-c4ccccc4C54c5ccccc5-n5c6ccccc6c6cccc4c65)n3)c2)cc1. The quantitative estimate of drug-likeness (QED) is 0.174. The van der Waals surface area contributed by atoms with Crippen LogP contribution in [0.25, 0.3) is 95.0 Å². The second kappa shape index (κ2) is 13.4. The third-order valence-electron chi connectivity index (χ3n) is 13.0. The van der Waals surface area contributed by atoms with E-state index in [1.807, 2.05) is 12.1 Å². The number of hydrogen-bond donors (Lipinski definition) is 0. The summed E-state index contributed by atoms with van der Waals surface area (Å²) in [6.07, 6.45) is 0. The highest BCUT2D eigenvalue weighted by Gasteiger charge is 2.50. The van der Waals surface area contributed by atoms with Gasteiger partial charge < -0.3 is 4.57 Å². The molecule has 0 saturated carbocycles. The zero-order valence-electron chi connectivity index (χ0n) is 33.6. The zero-order chi connectivity index (χ0) is 40.8. The Labute approximate surface area is 359 Å². The van der Waals surface area contributed by atoms with Crippen LogP contribution in [0.1, 0.15) is 22.3 Å². The van der Waals surface area contributed by atoms with Crippen LogP contribution in [0.2, 0.25) is 0 Å². The van der Waals surface area contributed by atoms with E-state index in [0.29, 0.717) is 17.5 Å². The summed E-state index contributed by atoms with van der Waals surface area (Å²) in [4.78, 5) is 15.8. The molecule has 1 aliphatic carbocycles. The van der Waals surface area contributed by atoms with Crippen LogP contribution in [0.5, 0.6) is 0 Å². The van der Waals surface area contributed by atoms with Crippen molar-refractivity contribution in [3.05, 3.63) is 241 Å². The molecule has 13 rings (SSSR count). The van der Waals surface area contributed by atoms with E-state index >= 15 is 0 Å². The highest BCUT2D eigenvalue weighted by molar-refractivity contribution is 6.12. The van der Waals surface area contributed by atoms with Gasteiger partial charge in [0.1, 0.15) is 0 Å². The Bertz CT molecular complexity index is 3490. The minimum Gasteiger partial charge on any atom is -0.309 e. The molecule has 9 aromatic carbocycles. The maximum absolute atomic E-state index is 5.30. The van der Waals surface area contributed by atoms with Gasteiger partial charge in [0.15, 0.2) is 17.5 Å². The maximum Gasteiger partial charge on any atom is 0.164 e. The third-order valence-corrected chi connectivity index (χ3v) is 13.0. The fourth-order valence-corrected chi connectivity index (χ4v) is 10.4. The molecule has 1 aliphatic heterocycles. The Hall–Kier alpha value is -8.21. The molecule has 4 heteroatoms. The van der Waals surface area contributed by atoms with E-state index in [4.69, 9.17) is 15.0 Å². The number of benzene rings is 9. The Balaban J connectivity index is 1.04. The average Bonchev–Trinajstić information content (AvgIpc) is 3.85. The molecule has 2 aliphatic rings. The lowest BCUT2D eigenvalue weighted by molar-refractivity contribution is 0.748. The van der Waals surface area contributed by atoms with E-state index in [1.165, 1.54) is 60.9 Å². The molecule has 0 radical (unpaired) electrons. The summed E-state index contributed by atoms with van der Waals surface area (Å²) in [5.41, 5.74) is 18.0. The molecule has 0 fully saturated rings. The molecule has 4 nitrogen and oxygen atoms in total. The van der Waals surface area contributed by atoms with Gasteiger partial charge in [-0.25, -0.2) is 15.0 Å². The van der Waals surface area contributed by atoms with Crippen LogP contribution in [0.3, 0.4) is 0 Å². The molecule has 0 bridgehead atoms. The molecule has 1 atom stereocenters. The lowest BCUT2D eigenvalue weighted by Gasteiger charge is -2.39. The van der Waals surface area contributed by atoms with Crippen molar-refractivity contribution in [2.75, 3.05) is 0 Å². The topological polar surface area (TPSA) is 43.6 Å².